The molecule has 19 heavy (non-hydrogen) atoms. The van der Waals surface area contributed by atoms with Gasteiger partial charge in [-0.25, -0.2) is 4.79 Å². The predicted octanol–water partition coefficient (Wildman–Crippen LogP) is 3.06. The normalized spacial score (nSPS) is 18.9. The minimum Gasteiger partial charge on any atom is -0.480 e. The molecule has 1 N–H and O–H groups in total. The van der Waals surface area contributed by atoms with Crippen molar-refractivity contribution in [3.8, 4) is 0 Å². The molecule has 0 saturated heterocycles. The van der Waals surface area contributed by atoms with E-state index in [0.29, 0.717) is 6.42 Å². The Balaban J connectivity index is 2.84. The predicted molar refractivity (Wildman–Crippen MR) is 74.9 cm³/mol. The molecule has 110 valence electrons. The van der Waals surface area contributed by atoms with Crippen LogP contribution in [0.25, 0.3) is 0 Å². The summed E-state index contributed by atoms with van der Waals surface area (Å²) in [6.07, 6.45) is 5.66. The number of carbonyl (C=O) groups is 2. The molecule has 1 rings (SSSR count). The van der Waals surface area contributed by atoms with Gasteiger partial charge < -0.3 is 10.0 Å². The lowest BCUT2D eigenvalue weighted by Crippen LogP contribution is -2.50. The minimum absolute atomic E-state index is 0.0192. The van der Waals surface area contributed by atoms with Gasteiger partial charge in [-0.2, -0.15) is 0 Å². The second-order valence-electron chi connectivity index (χ2n) is 6.84. The Morgan fingerprint density at radius 1 is 1.21 bits per heavy atom. The molecule has 0 aromatic heterocycles. The summed E-state index contributed by atoms with van der Waals surface area (Å²) < 4.78 is 0. The van der Waals surface area contributed by atoms with Gasteiger partial charge in [0.1, 0.15) is 6.04 Å². The maximum absolute atomic E-state index is 12.5. The van der Waals surface area contributed by atoms with Crippen molar-refractivity contribution in [2.24, 2.45) is 5.41 Å². The third-order valence-corrected chi connectivity index (χ3v) is 3.71. The monoisotopic (exact) mass is 269 g/mol. The van der Waals surface area contributed by atoms with Crippen LogP contribution in [0.15, 0.2) is 0 Å². The van der Waals surface area contributed by atoms with E-state index in [1.54, 1.807) is 11.8 Å². The number of carboxylic acids is 1. The highest BCUT2D eigenvalue weighted by Gasteiger charge is 2.34. The molecule has 0 spiro atoms. The van der Waals surface area contributed by atoms with Crippen molar-refractivity contribution in [1.82, 2.24) is 4.90 Å². The van der Waals surface area contributed by atoms with E-state index in [4.69, 9.17) is 0 Å². The molecule has 0 aliphatic heterocycles. The number of carbonyl (C=O) groups excluding carboxylic acids is 1. The van der Waals surface area contributed by atoms with Gasteiger partial charge in [-0.15, -0.1) is 0 Å². The molecule has 1 atom stereocenters. The van der Waals surface area contributed by atoms with Crippen LogP contribution in [0.5, 0.6) is 0 Å². The van der Waals surface area contributed by atoms with Crippen molar-refractivity contribution in [1.29, 1.82) is 0 Å². The largest absolute Gasteiger partial charge is 0.480 e. The van der Waals surface area contributed by atoms with Gasteiger partial charge in [0.05, 0.1) is 0 Å². The Bertz CT molecular complexity index is 327. The zero-order valence-corrected chi connectivity index (χ0v) is 12.6. The highest BCUT2D eigenvalue weighted by atomic mass is 16.4. The van der Waals surface area contributed by atoms with Gasteiger partial charge in [-0.1, -0.05) is 40.0 Å². The lowest BCUT2D eigenvalue weighted by molar-refractivity contribution is -0.153. The molecule has 0 heterocycles. The number of carboxylic acid groups (broad SMARTS) is 1. The van der Waals surface area contributed by atoms with Crippen molar-refractivity contribution in [2.75, 3.05) is 0 Å². The Morgan fingerprint density at radius 2 is 1.74 bits per heavy atom. The molecule has 1 amide bonds. The van der Waals surface area contributed by atoms with Crippen molar-refractivity contribution in [3.05, 3.63) is 0 Å². The molecule has 0 aromatic carbocycles. The van der Waals surface area contributed by atoms with Crippen molar-refractivity contribution in [3.63, 3.8) is 0 Å². The Morgan fingerprint density at radius 3 is 2.16 bits per heavy atom. The van der Waals surface area contributed by atoms with Crippen LogP contribution in [0.2, 0.25) is 0 Å². The summed E-state index contributed by atoms with van der Waals surface area (Å²) in [5, 5.41) is 9.24. The van der Waals surface area contributed by atoms with Crippen LogP contribution < -0.4 is 0 Å². The van der Waals surface area contributed by atoms with E-state index >= 15 is 0 Å². The Kier molecular flexibility index (Phi) is 5.39. The average Bonchev–Trinajstić information content (AvgIpc) is 2.28. The van der Waals surface area contributed by atoms with E-state index < -0.39 is 12.0 Å². The molecule has 1 aliphatic rings. The zero-order chi connectivity index (χ0) is 14.6. The highest BCUT2D eigenvalue weighted by molar-refractivity contribution is 5.84. The van der Waals surface area contributed by atoms with E-state index in [2.05, 4.69) is 0 Å². The maximum Gasteiger partial charge on any atom is 0.326 e. The van der Waals surface area contributed by atoms with Gasteiger partial charge in [-0.05, 0) is 25.2 Å². The summed E-state index contributed by atoms with van der Waals surface area (Å²) in [5.41, 5.74) is -0.109. The fraction of sp³-hybridized carbons (Fsp3) is 0.867. The van der Waals surface area contributed by atoms with Crippen LogP contribution in [0.4, 0.5) is 0 Å². The Hall–Kier alpha value is -1.06. The first kappa shape index (κ1) is 16.0. The molecule has 1 aliphatic carbocycles. The van der Waals surface area contributed by atoms with Gasteiger partial charge >= 0.3 is 5.97 Å². The Labute approximate surface area is 116 Å². The number of hydrogen-bond donors (Lipinski definition) is 1. The molecule has 0 radical (unpaired) electrons. The third kappa shape index (κ3) is 4.84. The summed E-state index contributed by atoms with van der Waals surface area (Å²) in [6, 6.07) is -0.618. The highest BCUT2D eigenvalue weighted by Crippen LogP contribution is 2.28. The summed E-state index contributed by atoms with van der Waals surface area (Å²) in [5.74, 6) is -0.929. The number of rotatable bonds is 4. The lowest BCUT2D eigenvalue weighted by Gasteiger charge is -2.38. The molecular weight excluding hydrogens is 242 g/mol. The van der Waals surface area contributed by atoms with Crippen LogP contribution in [-0.4, -0.2) is 34.0 Å². The van der Waals surface area contributed by atoms with Gasteiger partial charge in [0.15, 0.2) is 0 Å². The number of nitrogens with zero attached hydrogens (tertiary/aromatic N) is 1. The number of hydrogen-bond acceptors (Lipinski definition) is 2. The van der Waals surface area contributed by atoms with Gasteiger partial charge in [0.25, 0.3) is 0 Å². The lowest BCUT2D eigenvalue weighted by atomic mass is 9.89. The summed E-state index contributed by atoms with van der Waals surface area (Å²) in [4.78, 5) is 25.4. The first-order valence-electron chi connectivity index (χ1n) is 7.26. The average molecular weight is 269 g/mol. The molecule has 1 unspecified atom stereocenters. The fourth-order valence-electron chi connectivity index (χ4n) is 2.76. The molecule has 4 heteroatoms. The number of aliphatic carboxylic acids is 1. The molecule has 0 aromatic rings. The quantitative estimate of drug-likeness (QED) is 0.853. The van der Waals surface area contributed by atoms with E-state index in [9.17, 15) is 14.7 Å². The SMILES string of the molecule is CC(C(=O)O)N(C(=O)CC(C)(C)C)C1CCCCC1. The van der Waals surface area contributed by atoms with Crippen LogP contribution >= 0.6 is 0 Å². The fourth-order valence-corrected chi connectivity index (χ4v) is 2.76. The van der Waals surface area contributed by atoms with Gasteiger partial charge in [0, 0.05) is 12.5 Å². The van der Waals surface area contributed by atoms with E-state index in [0.717, 1.165) is 25.7 Å². The summed E-state index contributed by atoms with van der Waals surface area (Å²) in [6.45, 7) is 7.65. The van der Waals surface area contributed by atoms with Crippen molar-refractivity contribution >= 4 is 11.9 Å². The summed E-state index contributed by atoms with van der Waals surface area (Å²) in [7, 11) is 0. The minimum atomic E-state index is -0.909. The van der Waals surface area contributed by atoms with Crippen LogP contribution in [0.1, 0.15) is 66.2 Å². The first-order chi connectivity index (χ1) is 8.72. The second-order valence-corrected chi connectivity index (χ2v) is 6.84. The molecule has 1 fully saturated rings. The van der Waals surface area contributed by atoms with E-state index in [1.165, 1.54) is 6.42 Å². The zero-order valence-electron chi connectivity index (χ0n) is 12.6. The van der Waals surface area contributed by atoms with Crippen LogP contribution in [0.3, 0.4) is 0 Å². The molecule has 4 nitrogen and oxygen atoms in total. The number of amides is 1. The van der Waals surface area contributed by atoms with Gasteiger partial charge in [-0.3, -0.25) is 4.79 Å². The molecule has 1 saturated carbocycles. The van der Waals surface area contributed by atoms with Crippen LogP contribution in [0, 0.1) is 5.41 Å². The standard InChI is InChI=1S/C15H27NO3/c1-11(14(18)19)16(12-8-6-5-7-9-12)13(17)10-15(2,3)4/h11-12H,5-10H2,1-4H3,(H,18,19). The maximum atomic E-state index is 12.5. The first-order valence-corrected chi connectivity index (χ1v) is 7.26. The molecular formula is C15H27NO3. The van der Waals surface area contributed by atoms with Crippen molar-refractivity contribution < 1.29 is 14.7 Å². The van der Waals surface area contributed by atoms with Gasteiger partial charge in [0.2, 0.25) is 5.91 Å². The van der Waals surface area contributed by atoms with E-state index in [-0.39, 0.29) is 17.4 Å². The topological polar surface area (TPSA) is 57.6 Å². The van der Waals surface area contributed by atoms with E-state index in [1.807, 2.05) is 20.8 Å². The van der Waals surface area contributed by atoms with Crippen LogP contribution in [-0.2, 0) is 9.59 Å². The molecule has 0 bridgehead atoms. The smallest absolute Gasteiger partial charge is 0.326 e. The van der Waals surface area contributed by atoms with Crippen molar-refractivity contribution in [2.45, 2.75) is 78.3 Å². The third-order valence-electron chi connectivity index (χ3n) is 3.71. The second kappa shape index (κ2) is 6.40. The summed E-state index contributed by atoms with van der Waals surface area (Å²) >= 11 is 0.